The molecule has 0 aromatic heterocycles. The third-order valence-corrected chi connectivity index (χ3v) is 3.02. The average Bonchev–Trinajstić information content (AvgIpc) is 2.05. The van der Waals surface area contributed by atoms with Crippen LogP contribution in [0.15, 0.2) is 0 Å². The van der Waals surface area contributed by atoms with E-state index in [1.165, 1.54) is 6.42 Å². The van der Waals surface area contributed by atoms with Gasteiger partial charge < -0.3 is 5.32 Å². The molecule has 0 aliphatic carbocycles. The first-order chi connectivity index (χ1) is 5.18. The van der Waals surface area contributed by atoms with Crippen molar-refractivity contribution in [1.82, 2.24) is 5.32 Å². The molecular weight excluding hydrogens is 156 g/mol. The highest BCUT2D eigenvalue weighted by molar-refractivity contribution is 7.99. The molecule has 0 bridgehead atoms. The fourth-order valence-electron chi connectivity index (χ4n) is 0.581. The Morgan fingerprint density at radius 2 is 2.27 bits per heavy atom. The standard InChI is InChI=1S/C8H16N2S/c1-4-5-11-7-8(2,6-9)10-3/h10H,4-5,7H2,1-3H3. The Balaban J connectivity index is 3.63. The van der Waals surface area contributed by atoms with Crippen LogP contribution in [0.2, 0.25) is 0 Å². The predicted octanol–water partition coefficient (Wildman–Crippen LogP) is 1.63. The molecule has 0 aromatic rings. The zero-order chi connectivity index (χ0) is 8.74. The number of nitrogens with one attached hydrogen (secondary N) is 1. The molecule has 1 unspecified atom stereocenters. The van der Waals surface area contributed by atoms with Crippen molar-refractivity contribution in [2.75, 3.05) is 18.6 Å². The van der Waals surface area contributed by atoms with Gasteiger partial charge in [-0.15, -0.1) is 0 Å². The van der Waals surface area contributed by atoms with Gasteiger partial charge in [0, 0.05) is 5.75 Å². The molecule has 0 aliphatic rings. The Morgan fingerprint density at radius 1 is 1.64 bits per heavy atom. The minimum atomic E-state index is -0.347. The third kappa shape index (κ3) is 4.28. The molecule has 0 amide bonds. The summed E-state index contributed by atoms with van der Waals surface area (Å²) in [5.41, 5.74) is -0.347. The van der Waals surface area contributed by atoms with Crippen LogP contribution in [0.5, 0.6) is 0 Å². The van der Waals surface area contributed by atoms with Crippen LogP contribution >= 0.6 is 11.8 Å². The minimum Gasteiger partial charge on any atom is -0.302 e. The highest BCUT2D eigenvalue weighted by Crippen LogP contribution is 2.12. The van der Waals surface area contributed by atoms with E-state index in [4.69, 9.17) is 5.26 Å². The highest BCUT2D eigenvalue weighted by atomic mass is 32.2. The Bertz CT molecular complexity index is 142. The maximum absolute atomic E-state index is 8.76. The van der Waals surface area contributed by atoms with Crippen molar-refractivity contribution in [3.8, 4) is 6.07 Å². The van der Waals surface area contributed by atoms with E-state index in [1.807, 2.05) is 25.7 Å². The molecule has 0 spiro atoms. The Kier molecular flexibility index (Phi) is 5.35. The van der Waals surface area contributed by atoms with E-state index < -0.39 is 0 Å². The third-order valence-electron chi connectivity index (χ3n) is 1.54. The van der Waals surface area contributed by atoms with Gasteiger partial charge in [0.2, 0.25) is 0 Å². The lowest BCUT2D eigenvalue weighted by atomic mass is 10.1. The van der Waals surface area contributed by atoms with Crippen molar-refractivity contribution in [3.05, 3.63) is 0 Å². The lowest BCUT2D eigenvalue weighted by molar-refractivity contribution is 0.550. The second-order valence-corrected chi connectivity index (χ2v) is 3.85. The molecule has 1 atom stereocenters. The fourth-order valence-corrected chi connectivity index (χ4v) is 1.63. The number of nitrogens with zero attached hydrogens (tertiary/aromatic N) is 1. The Hall–Kier alpha value is -0.200. The lowest BCUT2D eigenvalue weighted by Crippen LogP contribution is -2.40. The van der Waals surface area contributed by atoms with Crippen molar-refractivity contribution in [1.29, 1.82) is 5.26 Å². The molecule has 0 rings (SSSR count). The van der Waals surface area contributed by atoms with Gasteiger partial charge in [0.05, 0.1) is 6.07 Å². The van der Waals surface area contributed by atoms with Gasteiger partial charge in [0.25, 0.3) is 0 Å². The van der Waals surface area contributed by atoms with Crippen molar-refractivity contribution in [2.45, 2.75) is 25.8 Å². The van der Waals surface area contributed by atoms with Crippen molar-refractivity contribution >= 4 is 11.8 Å². The summed E-state index contributed by atoms with van der Waals surface area (Å²) in [4.78, 5) is 0. The van der Waals surface area contributed by atoms with Gasteiger partial charge in [0.1, 0.15) is 5.54 Å². The van der Waals surface area contributed by atoms with Gasteiger partial charge in [-0.1, -0.05) is 6.92 Å². The van der Waals surface area contributed by atoms with Crippen LogP contribution in [0.25, 0.3) is 0 Å². The van der Waals surface area contributed by atoms with Crippen LogP contribution in [-0.2, 0) is 0 Å². The summed E-state index contributed by atoms with van der Waals surface area (Å²) in [5, 5.41) is 11.8. The molecule has 0 aliphatic heterocycles. The molecule has 1 N–H and O–H groups in total. The van der Waals surface area contributed by atoms with Gasteiger partial charge in [-0.25, -0.2) is 0 Å². The Labute approximate surface area is 73.4 Å². The fraction of sp³-hybridized carbons (Fsp3) is 0.875. The first kappa shape index (κ1) is 10.8. The highest BCUT2D eigenvalue weighted by Gasteiger charge is 2.19. The van der Waals surface area contributed by atoms with Crippen LogP contribution in [0, 0.1) is 11.3 Å². The van der Waals surface area contributed by atoms with Crippen LogP contribution < -0.4 is 5.32 Å². The average molecular weight is 172 g/mol. The number of thioether (sulfide) groups is 1. The summed E-state index contributed by atoms with van der Waals surface area (Å²) in [6.45, 7) is 4.08. The molecule has 0 heterocycles. The van der Waals surface area contributed by atoms with Gasteiger partial charge in [0.15, 0.2) is 0 Å². The zero-order valence-electron chi connectivity index (χ0n) is 7.48. The number of hydrogen-bond donors (Lipinski definition) is 1. The van der Waals surface area contributed by atoms with Crippen LogP contribution in [-0.4, -0.2) is 24.1 Å². The van der Waals surface area contributed by atoms with Crippen LogP contribution in [0.1, 0.15) is 20.3 Å². The first-order valence-electron chi connectivity index (χ1n) is 3.86. The second kappa shape index (κ2) is 5.45. The topological polar surface area (TPSA) is 35.8 Å². The summed E-state index contributed by atoms with van der Waals surface area (Å²) < 4.78 is 0. The number of nitriles is 1. The maximum Gasteiger partial charge on any atom is 0.112 e. The summed E-state index contributed by atoms with van der Waals surface area (Å²) in [6.07, 6.45) is 1.18. The Morgan fingerprint density at radius 3 is 2.64 bits per heavy atom. The summed E-state index contributed by atoms with van der Waals surface area (Å²) in [6, 6.07) is 2.26. The van der Waals surface area contributed by atoms with E-state index in [-0.39, 0.29) is 5.54 Å². The van der Waals surface area contributed by atoms with E-state index >= 15 is 0 Å². The smallest absolute Gasteiger partial charge is 0.112 e. The monoisotopic (exact) mass is 172 g/mol. The van der Waals surface area contributed by atoms with Gasteiger partial charge >= 0.3 is 0 Å². The van der Waals surface area contributed by atoms with Crippen molar-refractivity contribution < 1.29 is 0 Å². The van der Waals surface area contributed by atoms with Crippen molar-refractivity contribution in [2.24, 2.45) is 0 Å². The summed E-state index contributed by atoms with van der Waals surface area (Å²) >= 11 is 1.82. The molecule has 0 fully saturated rings. The van der Waals surface area contributed by atoms with E-state index in [9.17, 15) is 0 Å². The molecule has 0 saturated carbocycles. The van der Waals surface area contributed by atoms with Gasteiger partial charge in [-0.05, 0) is 26.1 Å². The predicted molar refractivity (Wildman–Crippen MR) is 50.7 cm³/mol. The van der Waals surface area contributed by atoms with E-state index in [1.54, 1.807) is 0 Å². The first-order valence-corrected chi connectivity index (χ1v) is 5.02. The van der Waals surface area contributed by atoms with E-state index in [2.05, 4.69) is 18.3 Å². The quantitative estimate of drug-likeness (QED) is 0.640. The second-order valence-electron chi connectivity index (χ2n) is 2.75. The van der Waals surface area contributed by atoms with Crippen LogP contribution in [0.4, 0.5) is 0 Å². The van der Waals surface area contributed by atoms with E-state index in [0.29, 0.717) is 0 Å². The SMILES string of the molecule is CCCSCC(C)(C#N)NC. The lowest BCUT2D eigenvalue weighted by Gasteiger charge is -2.19. The number of rotatable bonds is 5. The molecule has 0 radical (unpaired) electrons. The minimum absolute atomic E-state index is 0.347. The van der Waals surface area contributed by atoms with Crippen molar-refractivity contribution in [3.63, 3.8) is 0 Å². The molecule has 3 heteroatoms. The van der Waals surface area contributed by atoms with E-state index in [0.717, 1.165) is 11.5 Å². The largest absolute Gasteiger partial charge is 0.302 e. The van der Waals surface area contributed by atoms with Gasteiger partial charge in [-0.3, -0.25) is 0 Å². The zero-order valence-corrected chi connectivity index (χ0v) is 8.29. The summed E-state index contributed by atoms with van der Waals surface area (Å²) in [7, 11) is 1.83. The normalized spacial score (nSPS) is 15.5. The molecule has 2 nitrogen and oxygen atoms in total. The molecule has 64 valence electrons. The molecular formula is C8H16N2S. The number of hydrogen-bond acceptors (Lipinski definition) is 3. The molecule has 0 aromatic carbocycles. The molecule has 11 heavy (non-hydrogen) atoms. The summed E-state index contributed by atoms with van der Waals surface area (Å²) in [5.74, 6) is 2.01. The van der Waals surface area contributed by atoms with Crippen LogP contribution in [0.3, 0.4) is 0 Å². The molecule has 0 saturated heterocycles. The van der Waals surface area contributed by atoms with Gasteiger partial charge in [-0.2, -0.15) is 17.0 Å². The maximum atomic E-state index is 8.76.